The van der Waals surface area contributed by atoms with Gasteiger partial charge in [-0.1, -0.05) is 41.6 Å². The van der Waals surface area contributed by atoms with Gasteiger partial charge in [0.2, 0.25) is 11.1 Å². The van der Waals surface area contributed by atoms with Crippen LogP contribution in [0.25, 0.3) is 11.4 Å². The highest BCUT2D eigenvalue weighted by Gasteiger charge is 2.30. The Morgan fingerprint density at radius 2 is 2.08 bits per heavy atom. The van der Waals surface area contributed by atoms with Crippen LogP contribution >= 0.6 is 11.8 Å². The van der Waals surface area contributed by atoms with Gasteiger partial charge in [0, 0.05) is 11.6 Å². The molecular weight excluding hydrogens is 360 g/mol. The Morgan fingerprint density at radius 1 is 1.36 bits per heavy atom. The SMILES string of the molecule is Cc1ccc(-c2nc(S[C@H](C)C(=O)N[C@H]3CCS(=O)(=O)C3)n[nH]2)cc1. The second-order valence-electron chi connectivity index (χ2n) is 6.20. The minimum atomic E-state index is -3.01. The van der Waals surface area contributed by atoms with Crippen LogP contribution in [0.5, 0.6) is 0 Å². The van der Waals surface area contributed by atoms with E-state index < -0.39 is 15.1 Å². The van der Waals surface area contributed by atoms with E-state index in [0.29, 0.717) is 17.4 Å². The predicted molar refractivity (Wildman–Crippen MR) is 97.1 cm³/mol. The summed E-state index contributed by atoms with van der Waals surface area (Å²) in [4.78, 5) is 16.6. The summed E-state index contributed by atoms with van der Waals surface area (Å²) in [5.41, 5.74) is 2.09. The molecule has 1 fully saturated rings. The first-order chi connectivity index (χ1) is 11.8. The van der Waals surface area contributed by atoms with E-state index in [9.17, 15) is 13.2 Å². The lowest BCUT2D eigenvalue weighted by Gasteiger charge is -2.14. The molecule has 0 bridgehead atoms. The van der Waals surface area contributed by atoms with E-state index in [0.717, 1.165) is 11.1 Å². The van der Waals surface area contributed by atoms with Gasteiger partial charge in [-0.15, -0.1) is 5.10 Å². The van der Waals surface area contributed by atoms with Crippen molar-refractivity contribution < 1.29 is 13.2 Å². The average molecular weight is 380 g/mol. The Hall–Kier alpha value is -1.87. The standard InChI is InChI=1S/C16H20N4O3S2/c1-10-3-5-12(6-4-10)14-18-16(20-19-14)24-11(2)15(21)17-13-7-8-25(22,23)9-13/h3-6,11,13H,7-9H2,1-2H3,(H,17,21)(H,18,19,20)/t11-,13+/m1/s1. The van der Waals surface area contributed by atoms with Crippen LogP contribution in [-0.2, 0) is 14.6 Å². The highest BCUT2D eigenvalue weighted by Crippen LogP contribution is 2.23. The number of nitrogens with one attached hydrogen (secondary N) is 2. The summed E-state index contributed by atoms with van der Waals surface area (Å²) >= 11 is 1.24. The number of benzene rings is 1. The lowest BCUT2D eigenvalue weighted by Crippen LogP contribution is -2.39. The Balaban J connectivity index is 1.58. The summed E-state index contributed by atoms with van der Waals surface area (Å²) in [5, 5.41) is 9.89. The largest absolute Gasteiger partial charge is 0.351 e. The zero-order chi connectivity index (χ0) is 18.0. The van der Waals surface area contributed by atoms with Crippen LogP contribution in [0.15, 0.2) is 29.4 Å². The fourth-order valence-electron chi connectivity index (χ4n) is 2.58. The maximum atomic E-state index is 12.2. The maximum absolute atomic E-state index is 12.2. The van der Waals surface area contributed by atoms with E-state index in [1.165, 1.54) is 11.8 Å². The summed E-state index contributed by atoms with van der Waals surface area (Å²) in [6.45, 7) is 3.77. The molecule has 9 heteroatoms. The number of aromatic amines is 1. The van der Waals surface area contributed by atoms with Gasteiger partial charge in [-0.3, -0.25) is 9.89 Å². The van der Waals surface area contributed by atoms with E-state index in [-0.39, 0.29) is 23.5 Å². The normalized spacial score (nSPS) is 20.3. The molecule has 25 heavy (non-hydrogen) atoms. The number of amides is 1. The maximum Gasteiger partial charge on any atom is 0.233 e. The number of thioether (sulfide) groups is 1. The molecular formula is C16H20N4O3S2. The Labute approximate surface area is 150 Å². The number of aryl methyl sites for hydroxylation is 1. The lowest BCUT2D eigenvalue weighted by molar-refractivity contribution is -0.120. The molecule has 2 N–H and O–H groups in total. The van der Waals surface area contributed by atoms with Crippen LogP contribution < -0.4 is 5.32 Å². The molecule has 1 aromatic heterocycles. The van der Waals surface area contributed by atoms with Gasteiger partial charge in [0.15, 0.2) is 15.7 Å². The highest BCUT2D eigenvalue weighted by atomic mass is 32.2. The van der Waals surface area contributed by atoms with Gasteiger partial charge in [-0.05, 0) is 20.3 Å². The fourth-order valence-corrected chi connectivity index (χ4v) is 4.99. The first kappa shape index (κ1) is 17.9. The Kier molecular flexibility index (Phi) is 5.14. The fraction of sp³-hybridized carbons (Fsp3) is 0.438. The summed E-state index contributed by atoms with van der Waals surface area (Å²) in [5.74, 6) is 0.611. The van der Waals surface area contributed by atoms with Crippen molar-refractivity contribution in [2.45, 2.75) is 36.7 Å². The molecule has 1 amide bonds. The second kappa shape index (κ2) is 7.17. The first-order valence-corrected chi connectivity index (χ1v) is 10.7. The molecule has 0 radical (unpaired) electrons. The van der Waals surface area contributed by atoms with Crippen molar-refractivity contribution in [3.05, 3.63) is 29.8 Å². The van der Waals surface area contributed by atoms with Crippen LogP contribution in [-0.4, -0.2) is 52.3 Å². The number of carbonyl (C=O) groups is 1. The third-order valence-electron chi connectivity index (χ3n) is 4.02. The van der Waals surface area contributed by atoms with Crippen LogP contribution in [0.3, 0.4) is 0 Å². The van der Waals surface area contributed by atoms with Crippen molar-refractivity contribution in [3.63, 3.8) is 0 Å². The van der Waals surface area contributed by atoms with Gasteiger partial charge in [0.25, 0.3) is 0 Å². The van der Waals surface area contributed by atoms with Crippen molar-refractivity contribution in [3.8, 4) is 11.4 Å². The summed E-state index contributed by atoms with van der Waals surface area (Å²) < 4.78 is 22.9. The molecule has 2 aromatic rings. The van der Waals surface area contributed by atoms with E-state index in [1.54, 1.807) is 6.92 Å². The molecule has 134 valence electrons. The third kappa shape index (κ3) is 4.60. The van der Waals surface area contributed by atoms with Crippen LogP contribution in [0.4, 0.5) is 0 Å². The molecule has 0 spiro atoms. The summed E-state index contributed by atoms with van der Waals surface area (Å²) in [7, 11) is -3.01. The van der Waals surface area contributed by atoms with Gasteiger partial charge in [-0.2, -0.15) is 0 Å². The number of nitrogens with zero attached hydrogens (tertiary/aromatic N) is 2. The molecule has 1 aliphatic rings. The number of sulfone groups is 1. The van der Waals surface area contributed by atoms with Gasteiger partial charge in [0.1, 0.15) is 0 Å². The number of rotatable bonds is 5. The monoisotopic (exact) mass is 380 g/mol. The molecule has 1 saturated heterocycles. The van der Waals surface area contributed by atoms with Crippen molar-refractivity contribution >= 4 is 27.5 Å². The van der Waals surface area contributed by atoms with Gasteiger partial charge in [0.05, 0.1) is 16.8 Å². The summed E-state index contributed by atoms with van der Waals surface area (Å²) in [6.07, 6.45) is 0.476. The van der Waals surface area contributed by atoms with Crippen molar-refractivity contribution in [1.29, 1.82) is 0 Å². The van der Waals surface area contributed by atoms with Crippen molar-refractivity contribution in [2.75, 3.05) is 11.5 Å². The molecule has 3 rings (SSSR count). The predicted octanol–water partition coefficient (Wildman–Crippen LogP) is 1.56. The second-order valence-corrected chi connectivity index (χ2v) is 9.74. The number of H-pyrrole nitrogens is 1. The highest BCUT2D eigenvalue weighted by molar-refractivity contribution is 8.00. The number of hydrogen-bond donors (Lipinski definition) is 2. The molecule has 2 heterocycles. The Morgan fingerprint density at radius 3 is 2.72 bits per heavy atom. The molecule has 1 aliphatic heterocycles. The molecule has 0 unspecified atom stereocenters. The molecule has 0 aliphatic carbocycles. The molecule has 1 aromatic carbocycles. The first-order valence-electron chi connectivity index (χ1n) is 7.99. The van der Waals surface area contributed by atoms with Crippen molar-refractivity contribution in [1.82, 2.24) is 20.5 Å². The Bertz CT molecular complexity index is 862. The van der Waals surface area contributed by atoms with Crippen LogP contribution in [0.1, 0.15) is 18.9 Å². The molecule has 7 nitrogen and oxygen atoms in total. The quantitative estimate of drug-likeness (QED) is 0.763. The molecule has 0 saturated carbocycles. The zero-order valence-electron chi connectivity index (χ0n) is 14.0. The van der Waals surface area contributed by atoms with Gasteiger partial charge in [-0.25, -0.2) is 13.4 Å². The zero-order valence-corrected chi connectivity index (χ0v) is 15.7. The van der Waals surface area contributed by atoms with Gasteiger partial charge >= 0.3 is 0 Å². The topological polar surface area (TPSA) is 105 Å². The van der Waals surface area contributed by atoms with E-state index >= 15 is 0 Å². The third-order valence-corrected chi connectivity index (χ3v) is 6.75. The molecule has 2 atom stereocenters. The van der Waals surface area contributed by atoms with E-state index in [2.05, 4.69) is 20.5 Å². The number of hydrogen-bond acceptors (Lipinski definition) is 6. The lowest BCUT2D eigenvalue weighted by atomic mass is 10.1. The summed E-state index contributed by atoms with van der Waals surface area (Å²) in [6, 6.07) is 7.62. The minimum Gasteiger partial charge on any atom is -0.351 e. The van der Waals surface area contributed by atoms with E-state index in [4.69, 9.17) is 0 Å². The van der Waals surface area contributed by atoms with Gasteiger partial charge < -0.3 is 5.32 Å². The minimum absolute atomic E-state index is 0.0222. The number of carbonyl (C=O) groups excluding carboxylic acids is 1. The van der Waals surface area contributed by atoms with Crippen LogP contribution in [0.2, 0.25) is 0 Å². The average Bonchev–Trinajstić information content (AvgIpc) is 3.14. The van der Waals surface area contributed by atoms with E-state index in [1.807, 2.05) is 31.2 Å². The smallest absolute Gasteiger partial charge is 0.233 e. The number of aromatic nitrogens is 3. The van der Waals surface area contributed by atoms with Crippen LogP contribution in [0, 0.1) is 6.92 Å². The van der Waals surface area contributed by atoms with Crippen molar-refractivity contribution in [2.24, 2.45) is 0 Å².